The molecule has 1 unspecified atom stereocenters. The second kappa shape index (κ2) is 7.77. The molecule has 0 bridgehead atoms. The van der Waals surface area contributed by atoms with Crippen molar-refractivity contribution in [1.29, 1.82) is 0 Å². The Bertz CT molecular complexity index is 529. The third-order valence-corrected chi connectivity index (χ3v) is 3.70. The Balaban J connectivity index is 1.83. The Hall–Kier alpha value is -1.90. The maximum Gasteiger partial charge on any atom is 0.269 e. The highest BCUT2D eigenvalue weighted by Crippen LogP contribution is 2.14. The van der Waals surface area contributed by atoms with E-state index in [1.807, 2.05) is 0 Å². The Morgan fingerprint density at radius 3 is 3.05 bits per heavy atom. The number of nitrogens with one attached hydrogen (secondary N) is 1. The number of carbonyl (C=O) groups excluding carboxylic acids is 1. The lowest BCUT2D eigenvalue weighted by Gasteiger charge is -2.13. The lowest BCUT2D eigenvalue weighted by molar-refractivity contribution is 0.0942. The summed E-state index contributed by atoms with van der Waals surface area (Å²) in [5.41, 5.74) is 6.51. The van der Waals surface area contributed by atoms with E-state index >= 15 is 0 Å². The molecule has 0 spiro atoms. The van der Waals surface area contributed by atoms with Gasteiger partial charge in [-0.15, -0.1) is 0 Å². The van der Waals surface area contributed by atoms with Crippen molar-refractivity contribution in [1.82, 2.24) is 15.2 Å². The van der Waals surface area contributed by atoms with E-state index < -0.39 is 0 Å². The van der Waals surface area contributed by atoms with E-state index in [1.165, 1.54) is 0 Å². The summed E-state index contributed by atoms with van der Waals surface area (Å²) in [4.78, 5) is 18.6. The number of nitrogens with zero attached hydrogens (tertiary/aromatic N) is 2. The van der Waals surface area contributed by atoms with Gasteiger partial charge in [0.1, 0.15) is 5.69 Å². The highest BCUT2D eigenvalue weighted by atomic mass is 16.1. The highest BCUT2D eigenvalue weighted by Gasteiger charge is 2.21. The first-order valence-electron chi connectivity index (χ1n) is 7.38. The molecule has 1 atom stereocenters. The van der Waals surface area contributed by atoms with E-state index in [2.05, 4.69) is 34.0 Å². The smallest absolute Gasteiger partial charge is 0.269 e. The van der Waals surface area contributed by atoms with Crippen LogP contribution in [0.3, 0.4) is 0 Å². The fourth-order valence-electron chi connectivity index (χ4n) is 2.45. The lowest BCUT2D eigenvalue weighted by atomic mass is 10.1. The molecule has 2 heterocycles. The predicted octanol–water partition coefficient (Wildman–Crippen LogP) is 0.463. The van der Waals surface area contributed by atoms with Gasteiger partial charge in [0.05, 0.1) is 6.54 Å². The molecule has 2 rings (SSSR count). The number of rotatable bonds is 4. The van der Waals surface area contributed by atoms with Gasteiger partial charge in [0.25, 0.3) is 5.91 Å². The van der Waals surface area contributed by atoms with Crippen molar-refractivity contribution in [2.24, 2.45) is 11.7 Å². The average molecular weight is 286 g/mol. The molecule has 1 saturated heterocycles. The largest absolute Gasteiger partial charge is 0.350 e. The molecule has 0 saturated carbocycles. The lowest BCUT2D eigenvalue weighted by Crippen LogP contribution is -2.31. The van der Waals surface area contributed by atoms with E-state index in [-0.39, 0.29) is 5.91 Å². The molecule has 5 heteroatoms. The number of pyridine rings is 1. The zero-order chi connectivity index (χ0) is 15.1. The molecule has 112 valence electrons. The van der Waals surface area contributed by atoms with Gasteiger partial charge in [-0.25, -0.2) is 4.98 Å². The standard InChI is InChI=1S/C16H22N4O/c1-2-20-9-7-14(12-20)11-19-16(21)15-6-5-13(10-18-15)4-3-8-17/h5-6,10,14H,2,7-9,11-12,17H2,1H3,(H,19,21). The molecule has 1 aliphatic rings. The van der Waals surface area contributed by atoms with Crippen LogP contribution in [-0.2, 0) is 0 Å². The van der Waals surface area contributed by atoms with Crippen LogP contribution in [-0.4, -0.2) is 48.5 Å². The normalized spacial score (nSPS) is 18.1. The molecule has 0 radical (unpaired) electrons. The van der Waals surface area contributed by atoms with E-state index in [0.717, 1.165) is 31.6 Å². The van der Waals surface area contributed by atoms with E-state index in [4.69, 9.17) is 5.73 Å². The molecule has 3 N–H and O–H groups in total. The molecule has 0 aliphatic carbocycles. The highest BCUT2D eigenvalue weighted by molar-refractivity contribution is 5.92. The third-order valence-electron chi connectivity index (χ3n) is 3.70. The zero-order valence-electron chi connectivity index (χ0n) is 12.4. The first kappa shape index (κ1) is 15.5. The summed E-state index contributed by atoms with van der Waals surface area (Å²) in [6.07, 6.45) is 2.75. The van der Waals surface area contributed by atoms with Crippen molar-refractivity contribution in [3.05, 3.63) is 29.6 Å². The minimum atomic E-state index is -0.122. The second-order valence-electron chi connectivity index (χ2n) is 5.20. The van der Waals surface area contributed by atoms with Crippen molar-refractivity contribution in [2.75, 3.05) is 32.7 Å². The SMILES string of the molecule is CCN1CCC(CNC(=O)c2ccc(C#CCN)cn2)C1. The van der Waals surface area contributed by atoms with Gasteiger partial charge in [-0.05, 0) is 37.6 Å². The maximum atomic E-state index is 12.0. The fraction of sp³-hybridized carbons (Fsp3) is 0.500. The zero-order valence-corrected chi connectivity index (χ0v) is 12.4. The number of carbonyl (C=O) groups is 1. The summed E-state index contributed by atoms with van der Waals surface area (Å²) in [6.45, 7) is 6.48. The van der Waals surface area contributed by atoms with Crippen LogP contribution in [0.4, 0.5) is 0 Å². The monoisotopic (exact) mass is 286 g/mol. The molecular weight excluding hydrogens is 264 g/mol. The Labute approximate surface area is 125 Å². The number of amides is 1. The molecule has 1 aromatic rings. The van der Waals surface area contributed by atoms with Gasteiger partial charge < -0.3 is 16.0 Å². The molecule has 21 heavy (non-hydrogen) atoms. The van der Waals surface area contributed by atoms with Crippen LogP contribution < -0.4 is 11.1 Å². The summed E-state index contributed by atoms with van der Waals surface area (Å²) in [5, 5.41) is 2.96. The number of hydrogen-bond donors (Lipinski definition) is 2. The van der Waals surface area contributed by atoms with Crippen molar-refractivity contribution in [3.8, 4) is 11.8 Å². The summed E-state index contributed by atoms with van der Waals surface area (Å²) in [6, 6.07) is 3.49. The van der Waals surface area contributed by atoms with Crippen molar-refractivity contribution < 1.29 is 4.79 Å². The van der Waals surface area contributed by atoms with Crippen LogP contribution >= 0.6 is 0 Å². The molecular formula is C16H22N4O. The summed E-state index contributed by atoms with van der Waals surface area (Å²) >= 11 is 0. The molecule has 1 aromatic heterocycles. The topological polar surface area (TPSA) is 71.2 Å². The minimum Gasteiger partial charge on any atom is -0.350 e. The van der Waals surface area contributed by atoms with Crippen LogP contribution in [0.1, 0.15) is 29.4 Å². The average Bonchev–Trinajstić information content (AvgIpc) is 2.99. The van der Waals surface area contributed by atoms with E-state index in [0.29, 0.717) is 24.7 Å². The third kappa shape index (κ3) is 4.55. The first-order chi connectivity index (χ1) is 10.2. The van der Waals surface area contributed by atoms with Crippen LogP contribution in [0.2, 0.25) is 0 Å². The summed E-state index contributed by atoms with van der Waals surface area (Å²) in [5.74, 6) is 6.06. The minimum absolute atomic E-state index is 0.122. The second-order valence-corrected chi connectivity index (χ2v) is 5.20. The van der Waals surface area contributed by atoms with Crippen LogP contribution in [0, 0.1) is 17.8 Å². The summed E-state index contributed by atoms with van der Waals surface area (Å²) < 4.78 is 0. The fourth-order valence-corrected chi connectivity index (χ4v) is 2.45. The number of likely N-dealkylation sites (tertiary alicyclic amines) is 1. The molecule has 1 aliphatic heterocycles. The number of aromatic nitrogens is 1. The molecule has 1 amide bonds. The van der Waals surface area contributed by atoms with Gasteiger partial charge >= 0.3 is 0 Å². The van der Waals surface area contributed by atoms with E-state index in [1.54, 1.807) is 18.3 Å². The Morgan fingerprint density at radius 1 is 1.57 bits per heavy atom. The Kier molecular flexibility index (Phi) is 5.73. The number of nitrogens with two attached hydrogens (primary N) is 1. The van der Waals surface area contributed by atoms with Gasteiger partial charge in [0.2, 0.25) is 0 Å². The van der Waals surface area contributed by atoms with Crippen LogP contribution in [0.5, 0.6) is 0 Å². The Morgan fingerprint density at radius 2 is 2.43 bits per heavy atom. The van der Waals surface area contributed by atoms with Gasteiger partial charge in [-0.1, -0.05) is 18.8 Å². The van der Waals surface area contributed by atoms with Gasteiger partial charge in [0, 0.05) is 24.8 Å². The van der Waals surface area contributed by atoms with Crippen molar-refractivity contribution >= 4 is 5.91 Å². The maximum absolute atomic E-state index is 12.0. The van der Waals surface area contributed by atoms with Crippen LogP contribution in [0.25, 0.3) is 0 Å². The molecule has 1 fully saturated rings. The quantitative estimate of drug-likeness (QED) is 0.789. The van der Waals surface area contributed by atoms with Gasteiger partial charge in [-0.3, -0.25) is 4.79 Å². The van der Waals surface area contributed by atoms with Crippen LogP contribution in [0.15, 0.2) is 18.3 Å². The number of hydrogen-bond acceptors (Lipinski definition) is 4. The van der Waals surface area contributed by atoms with Gasteiger partial charge in [0.15, 0.2) is 0 Å². The summed E-state index contributed by atoms with van der Waals surface area (Å²) in [7, 11) is 0. The van der Waals surface area contributed by atoms with Crippen molar-refractivity contribution in [3.63, 3.8) is 0 Å². The molecule has 0 aromatic carbocycles. The molecule has 5 nitrogen and oxygen atoms in total. The van der Waals surface area contributed by atoms with E-state index in [9.17, 15) is 4.79 Å². The van der Waals surface area contributed by atoms with Gasteiger partial charge in [-0.2, -0.15) is 0 Å². The predicted molar refractivity (Wildman–Crippen MR) is 82.7 cm³/mol. The van der Waals surface area contributed by atoms with Crippen molar-refractivity contribution in [2.45, 2.75) is 13.3 Å². The first-order valence-corrected chi connectivity index (χ1v) is 7.38.